The molecule has 1 aromatic rings. The molecule has 0 unspecified atom stereocenters. The van der Waals surface area contributed by atoms with E-state index in [1.165, 1.54) is 12.8 Å². The Kier molecular flexibility index (Phi) is 2.63. The summed E-state index contributed by atoms with van der Waals surface area (Å²) < 4.78 is 0. The lowest BCUT2D eigenvalue weighted by Crippen LogP contribution is -2.42. The van der Waals surface area contributed by atoms with E-state index < -0.39 is 0 Å². The first kappa shape index (κ1) is 10.8. The lowest BCUT2D eigenvalue weighted by Gasteiger charge is -2.26. The summed E-state index contributed by atoms with van der Waals surface area (Å²) in [6.07, 6.45) is 3.53. The van der Waals surface area contributed by atoms with Crippen molar-refractivity contribution in [1.82, 2.24) is 0 Å². The Bertz CT molecular complexity index is 415. The molecule has 2 aliphatic carbocycles. The van der Waals surface area contributed by atoms with E-state index in [4.69, 9.17) is 5.73 Å². The van der Waals surface area contributed by atoms with Gasteiger partial charge in [0.2, 0.25) is 5.91 Å². The van der Waals surface area contributed by atoms with Gasteiger partial charge in [-0.05, 0) is 43.2 Å². The van der Waals surface area contributed by atoms with Crippen LogP contribution in [-0.4, -0.2) is 11.9 Å². The number of hydrogen-bond acceptors (Lipinski definition) is 2. The summed E-state index contributed by atoms with van der Waals surface area (Å²) in [6, 6.07) is 9.69. The molecule has 3 N–H and O–H groups in total. The standard InChI is InChI=1S/C14H18N2O/c15-13-10-7-6-9(8-10)12(13)14(17)16-11-4-2-1-3-5-11/h1-5,9-10,12-13H,6-8,15H2,(H,16,17)/t9-,10+,12+,13-/m1/s1. The van der Waals surface area contributed by atoms with Gasteiger partial charge >= 0.3 is 0 Å². The summed E-state index contributed by atoms with van der Waals surface area (Å²) in [7, 11) is 0. The van der Waals surface area contributed by atoms with Gasteiger partial charge in [0, 0.05) is 11.7 Å². The molecule has 3 nitrogen and oxygen atoms in total. The highest BCUT2D eigenvalue weighted by atomic mass is 16.2. The van der Waals surface area contributed by atoms with Gasteiger partial charge in [0.15, 0.2) is 0 Å². The molecule has 2 bridgehead atoms. The third kappa shape index (κ3) is 1.84. The molecule has 1 aromatic carbocycles. The largest absolute Gasteiger partial charge is 0.327 e. The van der Waals surface area contributed by atoms with Crippen LogP contribution in [0.5, 0.6) is 0 Å². The average molecular weight is 230 g/mol. The molecule has 0 spiro atoms. The lowest BCUT2D eigenvalue weighted by molar-refractivity contribution is -0.121. The normalized spacial score (nSPS) is 34.9. The molecular formula is C14H18N2O. The van der Waals surface area contributed by atoms with Crippen molar-refractivity contribution in [2.24, 2.45) is 23.5 Å². The van der Waals surface area contributed by atoms with Gasteiger partial charge in [-0.1, -0.05) is 18.2 Å². The number of rotatable bonds is 2. The van der Waals surface area contributed by atoms with Crippen LogP contribution in [-0.2, 0) is 4.79 Å². The topological polar surface area (TPSA) is 55.1 Å². The highest BCUT2D eigenvalue weighted by molar-refractivity contribution is 5.93. The van der Waals surface area contributed by atoms with Crippen molar-refractivity contribution in [3.8, 4) is 0 Å². The number of carbonyl (C=O) groups is 1. The fourth-order valence-corrected chi connectivity index (χ4v) is 3.47. The van der Waals surface area contributed by atoms with E-state index in [0.717, 1.165) is 12.1 Å². The lowest BCUT2D eigenvalue weighted by atomic mass is 9.84. The first-order chi connectivity index (χ1) is 8.25. The smallest absolute Gasteiger partial charge is 0.229 e. The van der Waals surface area contributed by atoms with Gasteiger partial charge in [-0.2, -0.15) is 0 Å². The maximum absolute atomic E-state index is 12.2. The first-order valence-corrected chi connectivity index (χ1v) is 6.37. The van der Waals surface area contributed by atoms with Crippen LogP contribution >= 0.6 is 0 Å². The van der Waals surface area contributed by atoms with Crippen LogP contribution in [0.3, 0.4) is 0 Å². The van der Waals surface area contributed by atoms with E-state index in [2.05, 4.69) is 5.32 Å². The van der Waals surface area contributed by atoms with Crippen molar-refractivity contribution in [2.45, 2.75) is 25.3 Å². The number of anilines is 1. The van der Waals surface area contributed by atoms with Crippen LogP contribution in [0.1, 0.15) is 19.3 Å². The number of hydrogen-bond donors (Lipinski definition) is 2. The Hall–Kier alpha value is -1.35. The van der Waals surface area contributed by atoms with Crippen LogP contribution in [0.2, 0.25) is 0 Å². The van der Waals surface area contributed by atoms with Crippen molar-refractivity contribution in [3.63, 3.8) is 0 Å². The van der Waals surface area contributed by atoms with E-state index in [1.54, 1.807) is 0 Å². The molecular weight excluding hydrogens is 212 g/mol. The van der Waals surface area contributed by atoms with Gasteiger partial charge in [-0.15, -0.1) is 0 Å². The van der Waals surface area contributed by atoms with E-state index in [9.17, 15) is 4.79 Å². The highest BCUT2D eigenvalue weighted by Crippen LogP contribution is 2.47. The molecule has 3 rings (SSSR count). The summed E-state index contributed by atoms with van der Waals surface area (Å²) in [5.41, 5.74) is 7.03. The van der Waals surface area contributed by atoms with Gasteiger partial charge < -0.3 is 11.1 Å². The predicted octanol–water partition coefficient (Wildman–Crippen LogP) is 2.00. The van der Waals surface area contributed by atoms with Crippen molar-refractivity contribution >= 4 is 11.6 Å². The monoisotopic (exact) mass is 230 g/mol. The maximum Gasteiger partial charge on any atom is 0.229 e. The van der Waals surface area contributed by atoms with E-state index >= 15 is 0 Å². The molecule has 3 heteroatoms. The molecule has 90 valence electrons. The van der Waals surface area contributed by atoms with Crippen molar-refractivity contribution < 1.29 is 4.79 Å². The Morgan fingerprint density at radius 3 is 2.53 bits per heavy atom. The van der Waals surface area contributed by atoms with Gasteiger partial charge in [0.25, 0.3) is 0 Å². The van der Waals surface area contributed by atoms with Crippen LogP contribution in [0.25, 0.3) is 0 Å². The zero-order valence-electron chi connectivity index (χ0n) is 9.80. The molecule has 2 fully saturated rings. The van der Waals surface area contributed by atoms with Crippen molar-refractivity contribution in [3.05, 3.63) is 30.3 Å². The van der Waals surface area contributed by atoms with Gasteiger partial charge in [-0.3, -0.25) is 4.79 Å². The zero-order valence-corrected chi connectivity index (χ0v) is 9.80. The molecule has 17 heavy (non-hydrogen) atoms. The fourth-order valence-electron chi connectivity index (χ4n) is 3.47. The molecule has 1 amide bonds. The summed E-state index contributed by atoms with van der Waals surface area (Å²) in [4.78, 5) is 12.2. The number of benzene rings is 1. The van der Waals surface area contributed by atoms with Crippen molar-refractivity contribution in [2.75, 3.05) is 5.32 Å². The number of fused-ring (bicyclic) bond motifs is 2. The van der Waals surface area contributed by atoms with E-state index in [-0.39, 0.29) is 17.9 Å². The summed E-state index contributed by atoms with van der Waals surface area (Å²) in [5.74, 6) is 1.22. The third-order valence-electron chi connectivity index (χ3n) is 4.32. The number of para-hydroxylation sites is 1. The number of nitrogens with one attached hydrogen (secondary N) is 1. The van der Waals surface area contributed by atoms with E-state index in [0.29, 0.717) is 11.8 Å². The van der Waals surface area contributed by atoms with Gasteiger partial charge in [0.05, 0.1) is 5.92 Å². The van der Waals surface area contributed by atoms with Gasteiger partial charge in [-0.25, -0.2) is 0 Å². The second kappa shape index (κ2) is 4.15. The SMILES string of the molecule is N[C@@H]1[C@H]2CC[C@H](C2)[C@@H]1C(=O)Nc1ccccc1. The summed E-state index contributed by atoms with van der Waals surface area (Å²) in [5, 5.41) is 2.98. The minimum Gasteiger partial charge on any atom is -0.327 e. The molecule has 0 radical (unpaired) electrons. The molecule has 0 saturated heterocycles. The minimum atomic E-state index is 0.0222. The Labute approximate surface area is 101 Å². The molecule has 0 aromatic heterocycles. The van der Waals surface area contributed by atoms with Crippen LogP contribution in [0.4, 0.5) is 5.69 Å². The number of nitrogens with two attached hydrogens (primary N) is 1. The average Bonchev–Trinajstić information content (AvgIpc) is 2.90. The molecule has 2 aliphatic rings. The molecule has 4 atom stereocenters. The van der Waals surface area contributed by atoms with Crippen LogP contribution in [0, 0.1) is 17.8 Å². The quantitative estimate of drug-likeness (QED) is 0.816. The first-order valence-electron chi connectivity index (χ1n) is 6.37. The Morgan fingerprint density at radius 1 is 1.18 bits per heavy atom. The molecule has 2 saturated carbocycles. The number of amides is 1. The fraction of sp³-hybridized carbons (Fsp3) is 0.500. The van der Waals surface area contributed by atoms with Crippen LogP contribution in [0.15, 0.2) is 30.3 Å². The van der Waals surface area contributed by atoms with Crippen LogP contribution < -0.4 is 11.1 Å². The maximum atomic E-state index is 12.2. The second-order valence-electron chi connectivity index (χ2n) is 5.29. The Morgan fingerprint density at radius 2 is 1.88 bits per heavy atom. The third-order valence-corrected chi connectivity index (χ3v) is 4.32. The minimum absolute atomic E-state index is 0.0222. The second-order valence-corrected chi connectivity index (χ2v) is 5.29. The molecule has 0 heterocycles. The molecule has 0 aliphatic heterocycles. The summed E-state index contributed by atoms with van der Waals surface area (Å²) >= 11 is 0. The summed E-state index contributed by atoms with van der Waals surface area (Å²) in [6.45, 7) is 0. The van der Waals surface area contributed by atoms with Crippen molar-refractivity contribution in [1.29, 1.82) is 0 Å². The zero-order chi connectivity index (χ0) is 11.8. The highest BCUT2D eigenvalue weighted by Gasteiger charge is 2.48. The van der Waals surface area contributed by atoms with E-state index in [1.807, 2.05) is 30.3 Å². The Balaban J connectivity index is 1.71. The number of carbonyl (C=O) groups excluding carboxylic acids is 1. The predicted molar refractivity (Wildman–Crippen MR) is 67.4 cm³/mol. The van der Waals surface area contributed by atoms with Gasteiger partial charge in [0.1, 0.15) is 0 Å².